The van der Waals surface area contributed by atoms with E-state index in [0.717, 1.165) is 30.0 Å². The predicted molar refractivity (Wildman–Crippen MR) is 83.9 cm³/mol. The van der Waals surface area contributed by atoms with Crippen LogP contribution in [0.25, 0.3) is 0 Å². The number of pyridine rings is 1. The summed E-state index contributed by atoms with van der Waals surface area (Å²) in [6.07, 6.45) is 4.71. The maximum Gasteiger partial charge on any atom is 0.161 e. The van der Waals surface area contributed by atoms with Crippen LogP contribution in [0, 0.1) is 0 Å². The van der Waals surface area contributed by atoms with E-state index in [4.69, 9.17) is 9.47 Å². The molecule has 1 aromatic heterocycles. The Bertz CT molecular complexity index is 558. The van der Waals surface area contributed by atoms with E-state index in [1.807, 2.05) is 36.7 Å². The molecule has 0 aliphatic carbocycles. The van der Waals surface area contributed by atoms with Crippen molar-refractivity contribution in [1.29, 1.82) is 0 Å². The second kappa shape index (κ2) is 7.64. The third kappa shape index (κ3) is 3.73. The summed E-state index contributed by atoms with van der Waals surface area (Å²) < 4.78 is 10.7. The molecular formula is C17H22N2O2. The van der Waals surface area contributed by atoms with Crippen LogP contribution in [0.5, 0.6) is 11.5 Å². The van der Waals surface area contributed by atoms with Gasteiger partial charge in [0, 0.05) is 12.4 Å². The zero-order chi connectivity index (χ0) is 15.1. The van der Waals surface area contributed by atoms with E-state index in [2.05, 4.69) is 23.3 Å². The summed E-state index contributed by atoms with van der Waals surface area (Å²) in [6.45, 7) is 3.10. The average Bonchev–Trinajstić information content (AvgIpc) is 2.56. The molecule has 2 rings (SSSR count). The molecule has 1 N–H and O–H groups in total. The molecule has 0 radical (unpaired) electrons. The van der Waals surface area contributed by atoms with Gasteiger partial charge in [0.25, 0.3) is 0 Å². The predicted octanol–water partition coefficient (Wildman–Crippen LogP) is 3.19. The third-order valence-electron chi connectivity index (χ3n) is 3.38. The first-order valence-corrected chi connectivity index (χ1v) is 7.15. The first-order valence-electron chi connectivity index (χ1n) is 7.15. The van der Waals surface area contributed by atoms with Crippen LogP contribution in [0.4, 0.5) is 0 Å². The van der Waals surface area contributed by atoms with Crippen LogP contribution in [-0.2, 0) is 0 Å². The average molecular weight is 286 g/mol. The highest BCUT2D eigenvalue weighted by Crippen LogP contribution is 2.32. The summed E-state index contributed by atoms with van der Waals surface area (Å²) in [5, 5.41) is 3.57. The Morgan fingerprint density at radius 3 is 2.33 bits per heavy atom. The largest absolute Gasteiger partial charge is 0.493 e. The van der Waals surface area contributed by atoms with Crippen LogP contribution >= 0.6 is 0 Å². The maximum absolute atomic E-state index is 5.40. The lowest BCUT2D eigenvalue weighted by molar-refractivity contribution is 0.354. The Kier molecular flexibility index (Phi) is 5.58. The van der Waals surface area contributed by atoms with Gasteiger partial charge in [-0.2, -0.15) is 0 Å². The van der Waals surface area contributed by atoms with Crippen molar-refractivity contribution in [3.8, 4) is 11.5 Å². The van der Waals surface area contributed by atoms with Crippen LogP contribution in [-0.4, -0.2) is 25.7 Å². The number of nitrogens with one attached hydrogen (secondary N) is 1. The van der Waals surface area contributed by atoms with Gasteiger partial charge in [-0.05, 0) is 48.4 Å². The minimum Gasteiger partial charge on any atom is -0.493 e. The van der Waals surface area contributed by atoms with Gasteiger partial charge in [0.15, 0.2) is 11.5 Å². The van der Waals surface area contributed by atoms with E-state index in [9.17, 15) is 0 Å². The molecule has 2 aromatic rings. The second-order valence-electron chi connectivity index (χ2n) is 4.78. The standard InChI is InChI=1S/C17H22N2O2/c1-4-9-19-17(13-7-10-18-11-8-13)14-5-6-15(20-2)16(12-14)21-3/h5-8,10-12,17,19H,4,9H2,1-3H3. The van der Waals surface area contributed by atoms with Crippen molar-refractivity contribution in [2.24, 2.45) is 0 Å². The Labute approximate surface area is 126 Å². The highest BCUT2D eigenvalue weighted by atomic mass is 16.5. The van der Waals surface area contributed by atoms with E-state index in [1.54, 1.807) is 14.2 Å². The molecule has 1 unspecified atom stereocenters. The van der Waals surface area contributed by atoms with Gasteiger partial charge in [0.05, 0.1) is 20.3 Å². The Morgan fingerprint density at radius 2 is 1.71 bits per heavy atom. The number of benzene rings is 1. The number of nitrogens with zero attached hydrogens (tertiary/aromatic N) is 1. The van der Waals surface area contributed by atoms with Crippen LogP contribution in [0.1, 0.15) is 30.5 Å². The highest BCUT2D eigenvalue weighted by molar-refractivity contribution is 5.45. The molecule has 0 spiro atoms. The van der Waals surface area contributed by atoms with Gasteiger partial charge >= 0.3 is 0 Å². The first kappa shape index (κ1) is 15.3. The molecule has 0 saturated carbocycles. The molecule has 0 saturated heterocycles. The van der Waals surface area contributed by atoms with Crippen molar-refractivity contribution >= 4 is 0 Å². The Balaban J connectivity index is 2.36. The molecular weight excluding hydrogens is 264 g/mol. The van der Waals surface area contributed by atoms with Crippen LogP contribution < -0.4 is 14.8 Å². The molecule has 0 aliphatic rings. The quantitative estimate of drug-likeness (QED) is 0.849. The summed E-state index contributed by atoms with van der Waals surface area (Å²) in [7, 11) is 3.30. The molecule has 0 fully saturated rings. The van der Waals surface area contributed by atoms with Crippen molar-refractivity contribution in [3.05, 3.63) is 53.9 Å². The van der Waals surface area contributed by atoms with E-state index >= 15 is 0 Å². The first-order chi connectivity index (χ1) is 10.3. The fraction of sp³-hybridized carbons (Fsp3) is 0.353. The minimum absolute atomic E-state index is 0.118. The number of ether oxygens (including phenoxy) is 2. The van der Waals surface area contributed by atoms with Gasteiger partial charge in [0.2, 0.25) is 0 Å². The summed E-state index contributed by atoms with van der Waals surface area (Å²) in [4.78, 5) is 4.09. The molecule has 4 nitrogen and oxygen atoms in total. The summed E-state index contributed by atoms with van der Waals surface area (Å²) >= 11 is 0. The number of aromatic nitrogens is 1. The van der Waals surface area contributed by atoms with Crippen molar-refractivity contribution in [1.82, 2.24) is 10.3 Å². The summed E-state index contributed by atoms with van der Waals surface area (Å²) in [6, 6.07) is 10.2. The molecule has 1 atom stereocenters. The van der Waals surface area contributed by atoms with Crippen molar-refractivity contribution in [2.75, 3.05) is 20.8 Å². The van der Waals surface area contributed by atoms with Crippen LogP contribution in [0.15, 0.2) is 42.7 Å². The number of hydrogen-bond acceptors (Lipinski definition) is 4. The zero-order valence-electron chi connectivity index (χ0n) is 12.8. The van der Waals surface area contributed by atoms with Crippen LogP contribution in [0.3, 0.4) is 0 Å². The number of rotatable bonds is 7. The topological polar surface area (TPSA) is 43.4 Å². The monoisotopic (exact) mass is 286 g/mol. The third-order valence-corrected chi connectivity index (χ3v) is 3.38. The summed E-state index contributed by atoms with van der Waals surface area (Å²) in [5.41, 5.74) is 2.33. The lowest BCUT2D eigenvalue weighted by atomic mass is 9.99. The molecule has 1 heterocycles. The lowest BCUT2D eigenvalue weighted by Gasteiger charge is -2.20. The van der Waals surface area contributed by atoms with Gasteiger partial charge in [-0.1, -0.05) is 13.0 Å². The normalized spacial score (nSPS) is 12.0. The molecule has 0 aliphatic heterocycles. The molecule has 4 heteroatoms. The number of methoxy groups -OCH3 is 2. The lowest BCUT2D eigenvalue weighted by Crippen LogP contribution is -2.23. The maximum atomic E-state index is 5.40. The minimum atomic E-state index is 0.118. The molecule has 1 aromatic carbocycles. The van der Waals surface area contributed by atoms with E-state index < -0.39 is 0 Å². The molecule has 21 heavy (non-hydrogen) atoms. The fourth-order valence-electron chi connectivity index (χ4n) is 2.31. The van der Waals surface area contributed by atoms with Gasteiger partial charge in [-0.15, -0.1) is 0 Å². The van der Waals surface area contributed by atoms with Crippen molar-refractivity contribution in [3.63, 3.8) is 0 Å². The SMILES string of the molecule is CCCNC(c1ccncc1)c1ccc(OC)c(OC)c1. The van der Waals surface area contributed by atoms with E-state index in [0.29, 0.717) is 0 Å². The second-order valence-corrected chi connectivity index (χ2v) is 4.78. The molecule has 112 valence electrons. The van der Waals surface area contributed by atoms with E-state index in [-0.39, 0.29) is 6.04 Å². The van der Waals surface area contributed by atoms with Gasteiger partial charge in [0.1, 0.15) is 0 Å². The molecule has 0 bridgehead atoms. The smallest absolute Gasteiger partial charge is 0.161 e. The molecule has 0 amide bonds. The van der Waals surface area contributed by atoms with Crippen molar-refractivity contribution < 1.29 is 9.47 Å². The van der Waals surface area contributed by atoms with E-state index in [1.165, 1.54) is 5.56 Å². The van der Waals surface area contributed by atoms with Crippen molar-refractivity contribution in [2.45, 2.75) is 19.4 Å². The fourth-order valence-corrected chi connectivity index (χ4v) is 2.31. The highest BCUT2D eigenvalue weighted by Gasteiger charge is 2.15. The van der Waals surface area contributed by atoms with Gasteiger partial charge in [-0.3, -0.25) is 4.98 Å². The Morgan fingerprint density at radius 1 is 1.00 bits per heavy atom. The zero-order valence-corrected chi connectivity index (χ0v) is 12.8. The Hall–Kier alpha value is -2.07. The summed E-state index contributed by atoms with van der Waals surface area (Å²) in [5.74, 6) is 1.48. The number of hydrogen-bond donors (Lipinski definition) is 1. The van der Waals surface area contributed by atoms with Crippen LogP contribution in [0.2, 0.25) is 0 Å². The van der Waals surface area contributed by atoms with Gasteiger partial charge in [-0.25, -0.2) is 0 Å². The van der Waals surface area contributed by atoms with Gasteiger partial charge < -0.3 is 14.8 Å².